The zero-order valence-electron chi connectivity index (χ0n) is 9.81. The van der Waals surface area contributed by atoms with Gasteiger partial charge in [-0.05, 0) is 35.9 Å². The molecule has 0 N–H and O–H groups in total. The highest BCUT2D eigenvalue weighted by atomic mass is 32.2. The molecule has 0 bridgehead atoms. The maximum Gasteiger partial charge on any atom is 0.130 e. The minimum absolute atomic E-state index is 0.136. The van der Waals surface area contributed by atoms with Gasteiger partial charge in [-0.15, -0.1) is 11.8 Å². The first-order valence-electron chi connectivity index (χ1n) is 5.55. The monoisotopic (exact) mass is 242 g/mol. The predicted molar refractivity (Wildman–Crippen MR) is 71.3 cm³/mol. The number of hydrogen-bond acceptors (Lipinski definition) is 3. The summed E-state index contributed by atoms with van der Waals surface area (Å²) in [5, 5.41) is 17.3. The molecular formula is C14H14N2S. The molecule has 0 radical (unpaired) electrons. The van der Waals surface area contributed by atoms with Crippen molar-refractivity contribution >= 4 is 17.8 Å². The van der Waals surface area contributed by atoms with Crippen LogP contribution in [0.3, 0.4) is 0 Å². The van der Waals surface area contributed by atoms with Crippen molar-refractivity contribution in [2.24, 2.45) is 0 Å². The quantitative estimate of drug-likeness (QED) is 0.445. The average molecular weight is 242 g/mol. The van der Waals surface area contributed by atoms with Crippen LogP contribution in [0.15, 0.2) is 34.7 Å². The van der Waals surface area contributed by atoms with Crippen LogP contribution in [0.25, 0.3) is 6.08 Å². The van der Waals surface area contributed by atoms with Crippen molar-refractivity contribution in [1.29, 1.82) is 10.5 Å². The Morgan fingerprint density at radius 2 is 1.88 bits per heavy atom. The van der Waals surface area contributed by atoms with E-state index in [0.717, 1.165) is 11.3 Å². The molecule has 17 heavy (non-hydrogen) atoms. The highest BCUT2D eigenvalue weighted by Crippen LogP contribution is 2.20. The summed E-state index contributed by atoms with van der Waals surface area (Å²) in [5.41, 5.74) is 1.03. The summed E-state index contributed by atoms with van der Waals surface area (Å²) in [6.07, 6.45) is 4.03. The smallest absolute Gasteiger partial charge is 0.130 e. The number of rotatable bonds is 5. The Bertz CT molecular complexity index is 444. The molecule has 0 spiro atoms. The second-order valence-electron chi connectivity index (χ2n) is 3.55. The van der Waals surface area contributed by atoms with E-state index in [1.54, 1.807) is 6.08 Å². The minimum Gasteiger partial charge on any atom is -0.192 e. The molecule has 0 aromatic heterocycles. The molecule has 0 saturated heterocycles. The third-order valence-corrected chi connectivity index (χ3v) is 3.30. The number of unbranched alkanes of at least 4 members (excludes halogenated alkanes) is 1. The second-order valence-corrected chi connectivity index (χ2v) is 4.72. The van der Waals surface area contributed by atoms with Gasteiger partial charge in [-0.1, -0.05) is 25.5 Å². The second kappa shape index (κ2) is 7.54. The van der Waals surface area contributed by atoms with E-state index in [9.17, 15) is 0 Å². The predicted octanol–water partition coefficient (Wildman–Crippen LogP) is 4.01. The van der Waals surface area contributed by atoms with E-state index in [0.29, 0.717) is 0 Å². The van der Waals surface area contributed by atoms with Crippen LogP contribution in [-0.2, 0) is 0 Å². The molecule has 1 rings (SSSR count). The maximum atomic E-state index is 8.64. The van der Waals surface area contributed by atoms with E-state index in [1.165, 1.54) is 17.7 Å². The van der Waals surface area contributed by atoms with Crippen molar-refractivity contribution in [2.45, 2.75) is 24.7 Å². The van der Waals surface area contributed by atoms with E-state index in [4.69, 9.17) is 10.5 Å². The number of nitriles is 2. The van der Waals surface area contributed by atoms with Crippen LogP contribution >= 0.6 is 11.8 Å². The van der Waals surface area contributed by atoms with Gasteiger partial charge in [0.2, 0.25) is 0 Å². The van der Waals surface area contributed by atoms with E-state index >= 15 is 0 Å². The van der Waals surface area contributed by atoms with Gasteiger partial charge in [-0.2, -0.15) is 10.5 Å². The normalized spacial score (nSPS) is 9.12. The molecule has 2 nitrogen and oxygen atoms in total. The van der Waals surface area contributed by atoms with Gasteiger partial charge in [-0.25, -0.2) is 0 Å². The molecule has 0 fully saturated rings. The Balaban J connectivity index is 2.66. The van der Waals surface area contributed by atoms with Crippen LogP contribution in [0.2, 0.25) is 0 Å². The fourth-order valence-corrected chi connectivity index (χ4v) is 2.25. The molecule has 1 aromatic carbocycles. The Morgan fingerprint density at radius 3 is 2.41 bits per heavy atom. The van der Waals surface area contributed by atoms with Crippen LogP contribution in [0.5, 0.6) is 0 Å². The van der Waals surface area contributed by atoms with Crippen molar-refractivity contribution in [3.8, 4) is 12.1 Å². The molecule has 86 valence electrons. The lowest BCUT2D eigenvalue weighted by molar-refractivity contribution is 0.896. The van der Waals surface area contributed by atoms with Crippen LogP contribution in [0.4, 0.5) is 0 Å². The van der Waals surface area contributed by atoms with E-state index in [1.807, 2.05) is 48.2 Å². The van der Waals surface area contributed by atoms with Crippen LogP contribution in [0.1, 0.15) is 25.3 Å². The zero-order chi connectivity index (χ0) is 12.5. The zero-order valence-corrected chi connectivity index (χ0v) is 10.6. The summed E-state index contributed by atoms with van der Waals surface area (Å²) in [5.74, 6) is 1.13. The van der Waals surface area contributed by atoms with Crippen molar-refractivity contribution in [1.82, 2.24) is 0 Å². The fraction of sp³-hybridized carbons (Fsp3) is 0.286. The van der Waals surface area contributed by atoms with Crippen molar-refractivity contribution in [3.05, 3.63) is 35.4 Å². The summed E-state index contributed by atoms with van der Waals surface area (Å²) in [4.78, 5) is 1.23. The van der Waals surface area contributed by atoms with Crippen molar-refractivity contribution < 1.29 is 0 Å². The SMILES string of the molecule is CCCCSc1ccc(C=C(C#N)C#N)cc1. The Morgan fingerprint density at radius 1 is 1.24 bits per heavy atom. The van der Waals surface area contributed by atoms with Crippen molar-refractivity contribution in [3.63, 3.8) is 0 Å². The molecular weight excluding hydrogens is 228 g/mol. The molecule has 0 heterocycles. The molecule has 0 aliphatic heterocycles. The summed E-state index contributed by atoms with van der Waals surface area (Å²) in [7, 11) is 0. The summed E-state index contributed by atoms with van der Waals surface area (Å²) in [6, 6.07) is 11.6. The Hall–Kier alpha value is -1.71. The number of allylic oxidation sites excluding steroid dienone is 1. The van der Waals surface area contributed by atoms with Gasteiger partial charge in [-0.3, -0.25) is 0 Å². The first kappa shape index (κ1) is 13.4. The van der Waals surface area contributed by atoms with E-state index < -0.39 is 0 Å². The average Bonchev–Trinajstić information content (AvgIpc) is 2.38. The van der Waals surface area contributed by atoms with Crippen molar-refractivity contribution in [2.75, 3.05) is 5.75 Å². The standard InChI is InChI=1S/C14H14N2S/c1-2-3-8-17-14-6-4-12(5-7-14)9-13(10-15)11-16/h4-7,9H,2-3,8H2,1H3. The van der Waals surface area contributed by atoms with Gasteiger partial charge >= 0.3 is 0 Å². The summed E-state index contributed by atoms with van der Waals surface area (Å²) < 4.78 is 0. The van der Waals surface area contributed by atoms with Gasteiger partial charge < -0.3 is 0 Å². The van der Waals surface area contributed by atoms with Crippen LogP contribution in [0, 0.1) is 22.7 Å². The van der Waals surface area contributed by atoms with Gasteiger partial charge in [0.1, 0.15) is 17.7 Å². The highest BCUT2D eigenvalue weighted by molar-refractivity contribution is 7.99. The maximum absolute atomic E-state index is 8.64. The van der Waals surface area contributed by atoms with Gasteiger partial charge in [0, 0.05) is 4.90 Å². The molecule has 0 aliphatic rings. The molecule has 0 unspecified atom stereocenters. The first-order valence-corrected chi connectivity index (χ1v) is 6.53. The topological polar surface area (TPSA) is 47.6 Å². The van der Waals surface area contributed by atoms with Gasteiger partial charge in [0.25, 0.3) is 0 Å². The number of nitrogens with zero attached hydrogens (tertiary/aromatic N) is 2. The first-order chi connectivity index (χ1) is 8.30. The number of hydrogen-bond donors (Lipinski definition) is 0. The largest absolute Gasteiger partial charge is 0.192 e. The lowest BCUT2D eigenvalue weighted by Crippen LogP contribution is -1.80. The third kappa shape index (κ3) is 4.76. The van der Waals surface area contributed by atoms with E-state index in [-0.39, 0.29) is 5.57 Å². The molecule has 0 saturated carbocycles. The molecule has 3 heteroatoms. The summed E-state index contributed by atoms with van der Waals surface area (Å²) >= 11 is 1.83. The Kier molecular flexibility index (Phi) is 5.93. The summed E-state index contributed by atoms with van der Waals surface area (Å²) in [6.45, 7) is 2.18. The molecule has 0 atom stereocenters. The Labute approximate surface area is 107 Å². The fourth-order valence-electron chi connectivity index (χ4n) is 1.25. The third-order valence-electron chi connectivity index (χ3n) is 2.20. The lowest BCUT2D eigenvalue weighted by atomic mass is 10.1. The number of thioether (sulfide) groups is 1. The van der Waals surface area contributed by atoms with Gasteiger partial charge in [0.15, 0.2) is 0 Å². The lowest BCUT2D eigenvalue weighted by Gasteiger charge is -2.00. The molecule has 1 aromatic rings. The molecule has 0 amide bonds. The van der Waals surface area contributed by atoms with E-state index in [2.05, 4.69) is 6.92 Å². The minimum atomic E-state index is 0.136. The van der Waals surface area contributed by atoms with Crippen LogP contribution in [-0.4, -0.2) is 5.75 Å². The number of benzene rings is 1. The molecule has 0 aliphatic carbocycles. The van der Waals surface area contributed by atoms with Crippen LogP contribution < -0.4 is 0 Å². The van der Waals surface area contributed by atoms with Gasteiger partial charge in [0.05, 0.1) is 0 Å². The highest BCUT2D eigenvalue weighted by Gasteiger charge is 1.96.